The van der Waals surface area contributed by atoms with Crippen LogP contribution >= 0.6 is 0 Å². The average molecular weight is 335 g/mol. The first-order valence-corrected chi connectivity index (χ1v) is 9.27. The van der Waals surface area contributed by atoms with Gasteiger partial charge in [-0.05, 0) is 26.7 Å². The lowest BCUT2D eigenvalue weighted by molar-refractivity contribution is -0.964. The zero-order chi connectivity index (χ0) is 17.4. The van der Waals surface area contributed by atoms with Crippen LogP contribution in [0, 0.1) is 0 Å². The van der Waals surface area contributed by atoms with Crippen molar-refractivity contribution in [2.45, 2.75) is 53.0 Å². The molecule has 6 nitrogen and oxygen atoms in total. The van der Waals surface area contributed by atoms with Gasteiger partial charge in [-0.2, -0.15) is 0 Å². The predicted octanol–water partition coefficient (Wildman–Crippen LogP) is 2.02. The van der Waals surface area contributed by atoms with E-state index in [2.05, 4.69) is 6.58 Å². The maximum Gasteiger partial charge on any atom is 0.337 e. The van der Waals surface area contributed by atoms with Crippen molar-refractivity contribution in [3.8, 4) is 0 Å². The van der Waals surface area contributed by atoms with Crippen molar-refractivity contribution in [2.75, 3.05) is 25.6 Å². The van der Waals surface area contributed by atoms with E-state index in [1.807, 2.05) is 20.8 Å². The molecule has 0 N–H and O–H groups in total. The molecule has 1 unspecified atom stereocenters. The fourth-order valence-electron chi connectivity index (χ4n) is 2.60. The van der Waals surface area contributed by atoms with Crippen molar-refractivity contribution in [3.05, 3.63) is 12.2 Å². The Kier molecular flexibility index (Phi) is 8.88. The minimum atomic E-state index is -4.24. The van der Waals surface area contributed by atoms with E-state index >= 15 is 0 Å². The van der Waals surface area contributed by atoms with Gasteiger partial charge in [0.05, 0.1) is 29.2 Å². The van der Waals surface area contributed by atoms with E-state index < -0.39 is 21.8 Å². The number of nitrogens with zero attached hydrogens (tertiary/aromatic N) is 1. The molecule has 0 heterocycles. The third kappa shape index (κ3) is 7.38. The summed E-state index contributed by atoms with van der Waals surface area (Å²) in [6, 6.07) is -0.0819. The van der Waals surface area contributed by atoms with Crippen molar-refractivity contribution in [3.63, 3.8) is 0 Å². The standard InChI is InChI=1S/C15H29NO5S/c1-6-9-16(10-7-2,12-21-15(17)13(3)4)14(5)8-11-22(18,19)20/h14H,3,6-12H2,1-2,4-5H3. The first kappa shape index (κ1) is 21.1. The van der Waals surface area contributed by atoms with Gasteiger partial charge in [0, 0.05) is 17.7 Å². The molecule has 22 heavy (non-hydrogen) atoms. The lowest BCUT2D eigenvalue weighted by Gasteiger charge is -2.42. The van der Waals surface area contributed by atoms with E-state index in [9.17, 15) is 17.8 Å². The van der Waals surface area contributed by atoms with E-state index in [0.29, 0.717) is 10.1 Å². The van der Waals surface area contributed by atoms with Gasteiger partial charge in [0.25, 0.3) is 0 Å². The van der Waals surface area contributed by atoms with Gasteiger partial charge in [0.15, 0.2) is 0 Å². The summed E-state index contributed by atoms with van der Waals surface area (Å²) in [5.74, 6) is -0.839. The lowest BCUT2D eigenvalue weighted by Crippen LogP contribution is -2.57. The summed E-state index contributed by atoms with van der Waals surface area (Å²) in [6.45, 7) is 12.8. The Morgan fingerprint density at radius 2 is 1.77 bits per heavy atom. The highest BCUT2D eigenvalue weighted by Crippen LogP contribution is 2.20. The molecule has 0 aromatic carbocycles. The monoisotopic (exact) mass is 335 g/mol. The minimum absolute atomic E-state index is 0.0819. The van der Waals surface area contributed by atoms with Crippen LogP contribution in [0.25, 0.3) is 0 Å². The molecule has 1 atom stereocenters. The number of quaternary nitrogens is 1. The Morgan fingerprint density at radius 1 is 1.27 bits per heavy atom. The van der Waals surface area contributed by atoms with E-state index in [-0.39, 0.29) is 19.2 Å². The molecule has 0 bridgehead atoms. The highest BCUT2D eigenvalue weighted by atomic mass is 32.2. The maximum atomic E-state index is 11.7. The summed E-state index contributed by atoms with van der Waals surface area (Å²) in [6.07, 6.45) is 2.01. The van der Waals surface area contributed by atoms with Crippen LogP contribution in [-0.2, 0) is 19.6 Å². The van der Waals surface area contributed by atoms with Crippen molar-refractivity contribution in [2.24, 2.45) is 0 Å². The number of carbonyl (C=O) groups is 1. The van der Waals surface area contributed by atoms with Crippen LogP contribution in [0.5, 0.6) is 0 Å². The Bertz CT molecular complexity index is 466. The molecular formula is C15H29NO5S. The van der Waals surface area contributed by atoms with Crippen molar-refractivity contribution < 1.29 is 27.0 Å². The summed E-state index contributed by atoms with van der Waals surface area (Å²) in [7, 11) is -4.24. The molecule has 7 heteroatoms. The van der Waals surface area contributed by atoms with Gasteiger partial charge in [-0.25, -0.2) is 13.2 Å². The van der Waals surface area contributed by atoms with Gasteiger partial charge in [-0.1, -0.05) is 20.4 Å². The molecule has 0 spiro atoms. The van der Waals surface area contributed by atoms with Crippen LogP contribution in [0.4, 0.5) is 0 Å². The van der Waals surface area contributed by atoms with Crippen LogP contribution in [-0.4, -0.2) is 55.0 Å². The van der Waals surface area contributed by atoms with E-state index in [1.165, 1.54) is 0 Å². The van der Waals surface area contributed by atoms with Gasteiger partial charge in [-0.15, -0.1) is 0 Å². The van der Waals surface area contributed by atoms with Gasteiger partial charge < -0.3 is 9.29 Å². The molecule has 0 aliphatic heterocycles. The Morgan fingerprint density at radius 3 is 2.14 bits per heavy atom. The summed E-state index contributed by atoms with van der Waals surface area (Å²) in [4.78, 5) is 11.7. The van der Waals surface area contributed by atoms with E-state index in [0.717, 1.165) is 25.9 Å². The highest BCUT2D eigenvalue weighted by Gasteiger charge is 2.34. The molecule has 0 rings (SSSR count). The third-order valence-corrected chi connectivity index (χ3v) is 4.60. The number of ether oxygens (including phenoxy) is 1. The second kappa shape index (κ2) is 9.27. The summed E-state index contributed by atoms with van der Waals surface area (Å²) in [5, 5.41) is 0. The minimum Gasteiger partial charge on any atom is -0.748 e. The average Bonchev–Trinajstić information content (AvgIpc) is 2.41. The number of hydrogen-bond donors (Lipinski definition) is 0. The van der Waals surface area contributed by atoms with Gasteiger partial charge in [0.1, 0.15) is 0 Å². The van der Waals surface area contributed by atoms with Crippen molar-refractivity contribution >= 4 is 16.1 Å². The number of hydrogen-bond acceptors (Lipinski definition) is 5. The largest absolute Gasteiger partial charge is 0.748 e. The summed E-state index contributed by atoms with van der Waals surface area (Å²) >= 11 is 0. The Balaban J connectivity index is 5.11. The first-order chi connectivity index (χ1) is 10.1. The number of carbonyl (C=O) groups excluding carboxylic acids is 1. The van der Waals surface area contributed by atoms with Crippen LogP contribution in [0.1, 0.15) is 47.0 Å². The molecule has 0 radical (unpaired) electrons. The molecule has 0 aromatic heterocycles. The maximum absolute atomic E-state index is 11.7. The molecule has 0 fully saturated rings. The van der Waals surface area contributed by atoms with Gasteiger partial charge in [-0.3, -0.25) is 4.48 Å². The quantitative estimate of drug-likeness (QED) is 0.190. The van der Waals surface area contributed by atoms with Gasteiger partial charge in [0.2, 0.25) is 6.73 Å². The highest BCUT2D eigenvalue weighted by molar-refractivity contribution is 7.85. The number of esters is 1. The molecular weight excluding hydrogens is 306 g/mol. The third-order valence-electron chi connectivity index (χ3n) is 3.86. The molecule has 0 aliphatic carbocycles. The zero-order valence-electron chi connectivity index (χ0n) is 14.1. The number of rotatable bonds is 11. The predicted molar refractivity (Wildman–Crippen MR) is 85.0 cm³/mol. The Hall–Kier alpha value is -0.920. The molecule has 0 amide bonds. The fourth-order valence-corrected chi connectivity index (χ4v) is 3.23. The van der Waals surface area contributed by atoms with Crippen LogP contribution < -0.4 is 0 Å². The zero-order valence-corrected chi connectivity index (χ0v) is 14.9. The van der Waals surface area contributed by atoms with E-state index in [4.69, 9.17) is 4.74 Å². The first-order valence-electron chi connectivity index (χ1n) is 7.70. The van der Waals surface area contributed by atoms with Crippen LogP contribution in [0.2, 0.25) is 0 Å². The summed E-state index contributed by atoms with van der Waals surface area (Å²) < 4.78 is 38.4. The topological polar surface area (TPSA) is 83.5 Å². The molecule has 0 aliphatic rings. The van der Waals surface area contributed by atoms with Crippen LogP contribution in [0.15, 0.2) is 12.2 Å². The SMILES string of the molecule is C=C(C)C(=O)OC[N+](CCC)(CCC)C(C)CCS(=O)(=O)[O-]. The van der Waals surface area contributed by atoms with Crippen molar-refractivity contribution in [1.82, 2.24) is 0 Å². The lowest BCUT2D eigenvalue weighted by atomic mass is 10.1. The molecule has 0 saturated carbocycles. The van der Waals surface area contributed by atoms with Crippen LogP contribution in [0.3, 0.4) is 0 Å². The van der Waals surface area contributed by atoms with Crippen molar-refractivity contribution in [1.29, 1.82) is 0 Å². The molecule has 0 saturated heterocycles. The Labute approximate surface area is 134 Å². The second-order valence-corrected chi connectivity index (χ2v) is 7.43. The second-order valence-electron chi connectivity index (χ2n) is 5.91. The van der Waals surface area contributed by atoms with Gasteiger partial charge >= 0.3 is 5.97 Å². The summed E-state index contributed by atoms with van der Waals surface area (Å²) in [5.41, 5.74) is 0.334. The normalized spacial score (nSPS) is 13.7. The molecule has 0 aromatic rings. The molecule has 130 valence electrons. The van der Waals surface area contributed by atoms with E-state index in [1.54, 1.807) is 6.92 Å². The smallest absolute Gasteiger partial charge is 0.337 e. The fraction of sp³-hybridized carbons (Fsp3) is 0.800.